The molecule has 0 bridgehead atoms. The maximum atomic E-state index is 2.36. The normalized spacial score (nSPS) is 44.1. The fraction of sp³-hybridized carbons (Fsp3) is 1.00. The van der Waals surface area contributed by atoms with Gasteiger partial charge in [0.05, 0.1) is 0 Å². The lowest BCUT2D eigenvalue weighted by atomic mass is 10.0. The molecule has 58 valence electrons. The molecule has 0 amide bonds. The van der Waals surface area contributed by atoms with Crippen LogP contribution in [-0.4, -0.2) is 0 Å². The zero-order valence-electron chi connectivity index (χ0n) is 7.14. The van der Waals surface area contributed by atoms with Crippen molar-refractivity contribution in [2.75, 3.05) is 0 Å². The topological polar surface area (TPSA) is 0 Å². The Balaban J connectivity index is 1.79. The third-order valence-electron chi connectivity index (χ3n) is 3.33. The molecule has 0 nitrogen and oxygen atoms in total. The van der Waals surface area contributed by atoms with E-state index in [-0.39, 0.29) is 0 Å². The average molecular weight is 138 g/mol. The van der Waals surface area contributed by atoms with Gasteiger partial charge in [-0.2, -0.15) is 0 Å². The molecule has 0 N–H and O–H groups in total. The van der Waals surface area contributed by atoms with E-state index >= 15 is 0 Å². The Bertz CT molecular complexity index is 116. The van der Waals surface area contributed by atoms with Crippen LogP contribution in [0.25, 0.3) is 0 Å². The molecule has 0 radical (unpaired) electrons. The largest absolute Gasteiger partial charge is 0.0628 e. The fourth-order valence-corrected chi connectivity index (χ4v) is 2.86. The van der Waals surface area contributed by atoms with Gasteiger partial charge in [0.2, 0.25) is 0 Å². The molecule has 2 rings (SSSR count). The number of hydrogen-bond acceptors (Lipinski definition) is 0. The van der Waals surface area contributed by atoms with E-state index in [1.165, 1.54) is 24.7 Å². The van der Waals surface area contributed by atoms with Crippen LogP contribution in [0.5, 0.6) is 0 Å². The van der Waals surface area contributed by atoms with Gasteiger partial charge in [0, 0.05) is 0 Å². The van der Waals surface area contributed by atoms with Crippen LogP contribution in [0, 0.1) is 23.7 Å². The van der Waals surface area contributed by atoms with Crippen molar-refractivity contribution in [2.45, 2.75) is 39.5 Å². The molecule has 2 aliphatic carbocycles. The van der Waals surface area contributed by atoms with Crippen molar-refractivity contribution in [1.82, 2.24) is 0 Å². The van der Waals surface area contributed by atoms with Gasteiger partial charge in [0.1, 0.15) is 0 Å². The predicted molar refractivity (Wildman–Crippen MR) is 43.8 cm³/mol. The zero-order valence-corrected chi connectivity index (χ0v) is 7.14. The van der Waals surface area contributed by atoms with E-state index in [1.807, 2.05) is 0 Å². The Morgan fingerprint density at radius 2 is 1.80 bits per heavy atom. The average Bonchev–Trinajstić information content (AvgIpc) is 2.40. The van der Waals surface area contributed by atoms with Crippen LogP contribution in [0.15, 0.2) is 0 Å². The third-order valence-corrected chi connectivity index (χ3v) is 3.33. The van der Waals surface area contributed by atoms with Gasteiger partial charge in [-0.25, -0.2) is 0 Å². The summed E-state index contributed by atoms with van der Waals surface area (Å²) >= 11 is 0. The van der Waals surface area contributed by atoms with E-state index in [1.54, 1.807) is 12.8 Å². The molecule has 0 spiro atoms. The van der Waals surface area contributed by atoms with E-state index in [0.717, 1.165) is 11.8 Å². The van der Waals surface area contributed by atoms with Gasteiger partial charge in [0.15, 0.2) is 0 Å². The van der Waals surface area contributed by atoms with Crippen LogP contribution in [0.4, 0.5) is 0 Å². The Kier molecular flexibility index (Phi) is 1.51. The highest BCUT2D eigenvalue weighted by Gasteiger charge is 2.51. The summed E-state index contributed by atoms with van der Waals surface area (Å²) in [5.74, 6) is 4.47. The quantitative estimate of drug-likeness (QED) is 0.550. The molecule has 0 aromatic carbocycles. The Morgan fingerprint density at radius 3 is 2.30 bits per heavy atom. The lowest BCUT2D eigenvalue weighted by Crippen LogP contribution is -1.93. The molecular formula is C10H18. The second-order valence-electron chi connectivity index (χ2n) is 4.55. The van der Waals surface area contributed by atoms with E-state index in [9.17, 15) is 0 Å². The summed E-state index contributed by atoms with van der Waals surface area (Å²) < 4.78 is 0. The van der Waals surface area contributed by atoms with Crippen LogP contribution in [0.2, 0.25) is 0 Å². The van der Waals surface area contributed by atoms with Crippen LogP contribution in [0.3, 0.4) is 0 Å². The van der Waals surface area contributed by atoms with Gasteiger partial charge in [-0.3, -0.25) is 0 Å². The molecule has 2 aliphatic rings. The molecule has 10 heavy (non-hydrogen) atoms. The fourth-order valence-electron chi connectivity index (χ4n) is 2.86. The molecule has 0 heteroatoms. The minimum absolute atomic E-state index is 0.940. The van der Waals surface area contributed by atoms with Gasteiger partial charge < -0.3 is 0 Å². The van der Waals surface area contributed by atoms with Crippen LogP contribution in [0.1, 0.15) is 39.5 Å². The van der Waals surface area contributed by atoms with Gasteiger partial charge in [0.25, 0.3) is 0 Å². The summed E-state index contributed by atoms with van der Waals surface area (Å²) in [5, 5.41) is 0. The van der Waals surface area contributed by atoms with Crippen molar-refractivity contribution in [2.24, 2.45) is 23.7 Å². The van der Waals surface area contributed by atoms with E-state index in [2.05, 4.69) is 13.8 Å². The van der Waals surface area contributed by atoms with Gasteiger partial charge >= 0.3 is 0 Å². The first-order valence-electron chi connectivity index (χ1n) is 4.79. The second-order valence-corrected chi connectivity index (χ2v) is 4.55. The van der Waals surface area contributed by atoms with Crippen LogP contribution >= 0.6 is 0 Å². The first-order chi connectivity index (χ1) is 4.79. The predicted octanol–water partition coefficient (Wildman–Crippen LogP) is 3.08. The third kappa shape index (κ3) is 0.980. The summed E-state index contributed by atoms with van der Waals surface area (Å²) in [6.07, 6.45) is 6.16. The van der Waals surface area contributed by atoms with E-state index in [0.29, 0.717) is 0 Å². The molecular weight excluding hydrogens is 120 g/mol. The van der Waals surface area contributed by atoms with Crippen LogP contribution in [-0.2, 0) is 0 Å². The molecule has 0 aliphatic heterocycles. The van der Waals surface area contributed by atoms with Crippen molar-refractivity contribution in [3.63, 3.8) is 0 Å². The van der Waals surface area contributed by atoms with Gasteiger partial charge in [-0.1, -0.05) is 20.3 Å². The molecule has 2 saturated carbocycles. The SMILES string of the molecule is CC(C)CC1C2CCCC21. The molecule has 0 aromatic rings. The lowest BCUT2D eigenvalue weighted by Gasteiger charge is -2.04. The summed E-state index contributed by atoms with van der Waals surface area (Å²) in [5.41, 5.74) is 0. The molecule has 2 unspecified atom stereocenters. The summed E-state index contributed by atoms with van der Waals surface area (Å²) in [4.78, 5) is 0. The maximum absolute atomic E-state index is 2.36. The molecule has 0 aromatic heterocycles. The van der Waals surface area contributed by atoms with Gasteiger partial charge in [-0.05, 0) is 42.9 Å². The van der Waals surface area contributed by atoms with Crippen molar-refractivity contribution in [3.8, 4) is 0 Å². The highest BCUT2D eigenvalue weighted by atomic mass is 14.6. The summed E-state index contributed by atoms with van der Waals surface area (Å²) in [6, 6.07) is 0. The zero-order chi connectivity index (χ0) is 7.14. The second kappa shape index (κ2) is 2.25. The first kappa shape index (κ1) is 6.69. The van der Waals surface area contributed by atoms with Crippen molar-refractivity contribution in [3.05, 3.63) is 0 Å². The van der Waals surface area contributed by atoms with Crippen molar-refractivity contribution in [1.29, 1.82) is 0 Å². The highest BCUT2D eigenvalue weighted by Crippen LogP contribution is 2.59. The minimum Gasteiger partial charge on any atom is -0.0628 e. The molecule has 0 heterocycles. The highest BCUT2D eigenvalue weighted by molar-refractivity contribution is 5.00. The Labute approximate surface area is 64.0 Å². The molecule has 2 fully saturated rings. The monoisotopic (exact) mass is 138 g/mol. The standard InChI is InChI=1S/C10H18/c1-7(2)6-10-8-4-3-5-9(8)10/h7-10H,3-6H2,1-2H3. The number of fused-ring (bicyclic) bond motifs is 1. The summed E-state index contributed by atoms with van der Waals surface area (Å²) in [7, 11) is 0. The number of hydrogen-bond donors (Lipinski definition) is 0. The van der Waals surface area contributed by atoms with Crippen molar-refractivity contribution >= 4 is 0 Å². The van der Waals surface area contributed by atoms with Crippen LogP contribution < -0.4 is 0 Å². The Hall–Kier alpha value is 0. The maximum Gasteiger partial charge on any atom is -0.0349 e. The minimum atomic E-state index is 0.940. The number of rotatable bonds is 2. The van der Waals surface area contributed by atoms with Gasteiger partial charge in [-0.15, -0.1) is 0 Å². The van der Waals surface area contributed by atoms with E-state index < -0.39 is 0 Å². The summed E-state index contributed by atoms with van der Waals surface area (Å²) in [6.45, 7) is 4.71. The Morgan fingerprint density at radius 1 is 1.20 bits per heavy atom. The molecule has 0 saturated heterocycles. The van der Waals surface area contributed by atoms with Crippen molar-refractivity contribution < 1.29 is 0 Å². The molecule has 2 atom stereocenters. The van der Waals surface area contributed by atoms with E-state index in [4.69, 9.17) is 0 Å². The lowest BCUT2D eigenvalue weighted by molar-refractivity contribution is 0.467. The first-order valence-corrected chi connectivity index (χ1v) is 4.79. The smallest absolute Gasteiger partial charge is 0.0349 e.